The van der Waals surface area contributed by atoms with Crippen molar-refractivity contribution in [1.82, 2.24) is 9.80 Å². The van der Waals surface area contributed by atoms with E-state index in [1.165, 1.54) is 18.4 Å². The maximum Gasteiger partial charge on any atom is 0.0558 e. The second-order valence-corrected chi connectivity index (χ2v) is 6.27. The first kappa shape index (κ1) is 15.0. The Morgan fingerprint density at radius 1 is 1.37 bits per heavy atom. The Morgan fingerprint density at radius 3 is 2.74 bits per heavy atom. The summed E-state index contributed by atoms with van der Waals surface area (Å²) in [5, 5.41) is 9.29. The van der Waals surface area contributed by atoms with Gasteiger partial charge >= 0.3 is 0 Å². The van der Waals surface area contributed by atoms with Crippen LogP contribution in [0.5, 0.6) is 0 Å². The lowest BCUT2D eigenvalue weighted by Crippen LogP contribution is -2.44. The van der Waals surface area contributed by atoms with Crippen LogP contribution in [0.2, 0.25) is 0 Å². The van der Waals surface area contributed by atoms with Gasteiger partial charge in [-0.25, -0.2) is 0 Å². The topological polar surface area (TPSA) is 26.7 Å². The van der Waals surface area contributed by atoms with Crippen LogP contribution in [0.3, 0.4) is 0 Å². The summed E-state index contributed by atoms with van der Waals surface area (Å²) in [6.45, 7) is 4.24. The highest BCUT2D eigenvalue weighted by Gasteiger charge is 2.22. The minimum absolute atomic E-state index is 0.236. The van der Waals surface area contributed by atoms with Gasteiger partial charge < -0.3 is 10.0 Å². The van der Waals surface area contributed by atoms with Crippen LogP contribution in [-0.2, 0) is 6.54 Å². The SMILES string of the molecule is CN1CCC(N(CCO)Cc2cccc(Br)c2)CC1. The quantitative estimate of drug-likeness (QED) is 0.899. The van der Waals surface area contributed by atoms with Gasteiger partial charge in [0, 0.05) is 23.6 Å². The number of aliphatic hydroxyl groups excluding tert-OH is 1. The number of piperidine rings is 1. The number of likely N-dealkylation sites (tertiary alicyclic amines) is 1. The van der Waals surface area contributed by atoms with E-state index in [2.05, 4.69) is 57.0 Å². The van der Waals surface area contributed by atoms with Gasteiger partial charge in [-0.1, -0.05) is 28.1 Å². The molecule has 1 fully saturated rings. The molecule has 1 heterocycles. The van der Waals surface area contributed by atoms with Gasteiger partial charge in [0.1, 0.15) is 0 Å². The molecule has 1 N–H and O–H groups in total. The predicted octanol–water partition coefficient (Wildman–Crippen LogP) is 2.34. The zero-order chi connectivity index (χ0) is 13.7. The summed E-state index contributed by atoms with van der Waals surface area (Å²) in [6.07, 6.45) is 2.40. The minimum atomic E-state index is 0.236. The minimum Gasteiger partial charge on any atom is -0.395 e. The molecule has 0 unspecified atom stereocenters. The van der Waals surface area contributed by atoms with Gasteiger partial charge in [0.25, 0.3) is 0 Å². The maximum absolute atomic E-state index is 9.29. The summed E-state index contributed by atoms with van der Waals surface area (Å²) in [6, 6.07) is 9.05. The van der Waals surface area contributed by atoms with Crippen LogP contribution in [0.15, 0.2) is 28.7 Å². The Bertz CT molecular complexity index is 391. The highest BCUT2D eigenvalue weighted by molar-refractivity contribution is 9.10. The number of nitrogens with zero attached hydrogens (tertiary/aromatic N) is 2. The van der Waals surface area contributed by atoms with Gasteiger partial charge in [-0.3, -0.25) is 4.90 Å². The molecule has 4 heteroatoms. The van der Waals surface area contributed by atoms with Crippen LogP contribution in [-0.4, -0.2) is 54.2 Å². The second-order valence-electron chi connectivity index (χ2n) is 5.36. The first-order valence-corrected chi connectivity index (χ1v) is 7.76. The molecule has 1 aliphatic heterocycles. The average Bonchev–Trinajstić information content (AvgIpc) is 2.39. The molecular weight excluding hydrogens is 304 g/mol. The molecular formula is C15H23BrN2O. The van der Waals surface area contributed by atoms with Crippen molar-refractivity contribution in [3.63, 3.8) is 0 Å². The lowest BCUT2D eigenvalue weighted by Gasteiger charge is -2.37. The molecule has 0 spiro atoms. The second kappa shape index (κ2) is 7.39. The predicted molar refractivity (Wildman–Crippen MR) is 82.2 cm³/mol. The molecule has 0 aromatic heterocycles. The molecule has 1 aromatic carbocycles. The third-order valence-corrected chi connectivity index (χ3v) is 4.36. The Balaban J connectivity index is 1.99. The van der Waals surface area contributed by atoms with E-state index in [9.17, 15) is 5.11 Å². The van der Waals surface area contributed by atoms with Crippen molar-refractivity contribution in [2.45, 2.75) is 25.4 Å². The monoisotopic (exact) mass is 326 g/mol. The van der Waals surface area contributed by atoms with E-state index >= 15 is 0 Å². The number of halogens is 1. The average molecular weight is 327 g/mol. The summed E-state index contributed by atoms with van der Waals surface area (Å²) in [5.41, 5.74) is 1.31. The first-order valence-electron chi connectivity index (χ1n) is 6.97. The molecule has 1 aliphatic rings. The van der Waals surface area contributed by atoms with E-state index in [0.29, 0.717) is 6.04 Å². The zero-order valence-electron chi connectivity index (χ0n) is 11.6. The fourth-order valence-corrected chi connectivity index (χ4v) is 3.20. The van der Waals surface area contributed by atoms with Crippen LogP contribution < -0.4 is 0 Å². The summed E-state index contributed by atoms with van der Waals surface area (Å²) in [4.78, 5) is 4.81. The Kier molecular flexibility index (Phi) is 5.82. The largest absolute Gasteiger partial charge is 0.395 e. The van der Waals surface area contributed by atoms with E-state index in [0.717, 1.165) is 30.7 Å². The summed E-state index contributed by atoms with van der Waals surface area (Å²) in [5.74, 6) is 0. The molecule has 19 heavy (non-hydrogen) atoms. The van der Waals surface area contributed by atoms with Crippen LogP contribution in [0.4, 0.5) is 0 Å². The van der Waals surface area contributed by atoms with Crippen molar-refractivity contribution >= 4 is 15.9 Å². The number of hydrogen-bond donors (Lipinski definition) is 1. The Hall–Kier alpha value is -0.420. The highest BCUT2D eigenvalue weighted by Crippen LogP contribution is 2.19. The molecule has 0 aliphatic carbocycles. The number of rotatable bonds is 5. The van der Waals surface area contributed by atoms with Gasteiger partial charge in [-0.15, -0.1) is 0 Å². The molecule has 1 saturated heterocycles. The summed E-state index contributed by atoms with van der Waals surface area (Å²) in [7, 11) is 2.18. The lowest BCUT2D eigenvalue weighted by atomic mass is 10.0. The van der Waals surface area contributed by atoms with Crippen molar-refractivity contribution in [1.29, 1.82) is 0 Å². The summed E-state index contributed by atoms with van der Waals surface area (Å²) >= 11 is 3.52. The molecule has 0 bridgehead atoms. The Morgan fingerprint density at radius 2 is 2.11 bits per heavy atom. The van der Waals surface area contributed by atoms with E-state index < -0.39 is 0 Å². The molecule has 1 aromatic rings. The maximum atomic E-state index is 9.29. The molecule has 0 radical (unpaired) electrons. The molecule has 0 atom stereocenters. The first-order chi connectivity index (χ1) is 9.19. The smallest absolute Gasteiger partial charge is 0.0558 e. The van der Waals surface area contributed by atoms with E-state index in [4.69, 9.17) is 0 Å². The van der Waals surface area contributed by atoms with Crippen LogP contribution in [0.25, 0.3) is 0 Å². The molecule has 3 nitrogen and oxygen atoms in total. The molecule has 0 amide bonds. The standard InChI is InChI=1S/C15H23BrN2O/c1-17-7-5-15(6-8-17)18(9-10-19)12-13-3-2-4-14(16)11-13/h2-4,11,15,19H,5-10,12H2,1H3. The molecule has 106 valence electrons. The third-order valence-electron chi connectivity index (χ3n) is 3.87. The summed E-state index contributed by atoms with van der Waals surface area (Å²) < 4.78 is 1.12. The molecule has 2 rings (SSSR count). The molecule has 0 saturated carbocycles. The van der Waals surface area contributed by atoms with Gasteiger partial charge in [-0.05, 0) is 50.7 Å². The van der Waals surface area contributed by atoms with Gasteiger partial charge in [0.05, 0.1) is 6.61 Å². The lowest BCUT2D eigenvalue weighted by molar-refractivity contribution is 0.0941. The van der Waals surface area contributed by atoms with Crippen molar-refractivity contribution in [2.75, 3.05) is 33.3 Å². The van der Waals surface area contributed by atoms with Gasteiger partial charge in [0.2, 0.25) is 0 Å². The van der Waals surface area contributed by atoms with E-state index in [1.807, 2.05) is 0 Å². The van der Waals surface area contributed by atoms with Gasteiger partial charge in [0.15, 0.2) is 0 Å². The number of benzene rings is 1. The third kappa shape index (κ3) is 4.56. The fraction of sp³-hybridized carbons (Fsp3) is 0.600. The van der Waals surface area contributed by atoms with Crippen molar-refractivity contribution < 1.29 is 5.11 Å². The fourth-order valence-electron chi connectivity index (χ4n) is 2.75. The van der Waals surface area contributed by atoms with Gasteiger partial charge in [-0.2, -0.15) is 0 Å². The van der Waals surface area contributed by atoms with E-state index in [-0.39, 0.29) is 6.61 Å². The van der Waals surface area contributed by atoms with Crippen molar-refractivity contribution in [2.24, 2.45) is 0 Å². The van der Waals surface area contributed by atoms with Crippen molar-refractivity contribution in [3.8, 4) is 0 Å². The van der Waals surface area contributed by atoms with Crippen LogP contribution in [0, 0.1) is 0 Å². The Labute approximate surface area is 124 Å². The zero-order valence-corrected chi connectivity index (χ0v) is 13.1. The van der Waals surface area contributed by atoms with Crippen molar-refractivity contribution in [3.05, 3.63) is 34.3 Å². The highest BCUT2D eigenvalue weighted by atomic mass is 79.9. The number of aliphatic hydroxyl groups is 1. The van der Waals surface area contributed by atoms with E-state index in [1.54, 1.807) is 0 Å². The normalized spacial score (nSPS) is 18.1. The van der Waals surface area contributed by atoms with Crippen LogP contribution >= 0.6 is 15.9 Å². The van der Waals surface area contributed by atoms with Crippen LogP contribution in [0.1, 0.15) is 18.4 Å². The number of hydrogen-bond acceptors (Lipinski definition) is 3.